The van der Waals surface area contributed by atoms with Gasteiger partial charge in [-0.05, 0) is 47.9 Å². The van der Waals surface area contributed by atoms with E-state index >= 15 is 0 Å². The monoisotopic (exact) mass is 427 g/mol. The number of hydrogen-bond donors (Lipinski definition) is 1. The molecule has 0 aliphatic carbocycles. The average Bonchev–Trinajstić information content (AvgIpc) is 3.00. The molecule has 1 N–H and O–H groups in total. The van der Waals surface area contributed by atoms with E-state index in [4.69, 9.17) is 9.47 Å². The van der Waals surface area contributed by atoms with Crippen LogP contribution in [0.5, 0.6) is 11.5 Å². The first kappa shape index (κ1) is 21.9. The standard InChI is InChI=1S/C23H25NO5S/c1-15(2)14-29-19-10-6-17(7-11-19)24-22(26)20(21(23(24)27)30-13-12-25)16-4-8-18(28-3)9-5-16/h4-11,15,25H,12-14H2,1-3H3. The van der Waals surface area contributed by atoms with Crippen molar-refractivity contribution in [1.82, 2.24) is 0 Å². The number of benzene rings is 2. The van der Waals surface area contributed by atoms with E-state index in [2.05, 4.69) is 13.8 Å². The summed E-state index contributed by atoms with van der Waals surface area (Å²) in [4.78, 5) is 27.9. The van der Waals surface area contributed by atoms with E-state index in [0.717, 1.165) is 0 Å². The Morgan fingerprint density at radius 3 is 2.17 bits per heavy atom. The third-order valence-corrected chi connectivity index (χ3v) is 5.49. The number of imide groups is 1. The predicted octanol–water partition coefficient (Wildman–Crippen LogP) is 3.74. The highest BCUT2D eigenvalue weighted by molar-refractivity contribution is 8.04. The average molecular weight is 428 g/mol. The number of hydrogen-bond acceptors (Lipinski definition) is 6. The van der Waals surface area contributed by atoms with Crippen LogP contribution in [-0.4, -0.2) is 43.0 Å². The van der Waals surface area contributed by atoms with Crippen LogP contribution < -0.4 is 14.4 Å². The molecule has 0 unspecified atom stereocenters. The number of carbonyl (C=O) groups is 2. The maximum Gasteiger partial charge on any atom is 0.272 e. The van der Waals surface area contributed by atoms with Crippen LogP contribution in [-0.2, 0) is 9.59 Å². The van der Waals surface area contributed by atoms with Crippen LogP contribution in [0, 0.1) is 5.92 Å². The van der Waals surface area contributed by atoms with E-state index in [9.17, 15) is 14.7 Å². The number of methoxy groups -OCH3 is 1. The quantitative estimate of drug-likeness (QED) is 0.615. The molecule has 0 bridgehead atoms. The number of aliphatic hydroxyl groups excluding tert-OH is 1. The Bertz CT molecular complexity index is 935. The van der Waals surface area contributed by atoms with E-state index in [1.54, 1.807) is 55.6 Å². The van der Waals surface area contributed by atoms with Gasteiger partial charge in [0.2, 0.25) is 0 Å². The van der Waals surface area contributed by atoms with Crippen molar-refractivity contribution in [2.24, 2.45) is 5.92 Å². The molecule has 0 saturated heterocycles. The SMILES string of the molecule is COc1ccc(C2=C(SCCO)C(=O)N(c3ccc(OCC(C)C)cc3)C2=O)cc1. The fourth-order valence-electron chi connectivity index (χ4n) is 2.99. The lowest BCUT2D eigenvalue weighted by Crippen LogP contribution is -2.31. The van der Waals surface area contributed by atoms with E-state index < -0.39 is 0 Å². The van der Waals surface area contributed by atoms with Crippen molar-refractivity contribution in [3.05, 3.63) is 59.0 Å². The highest BCUT2D eigenvalue weighted by atomic mass is 32.2. The van der Waals surface area contributed by atoms with E-state index in [-0.39, 0.29) is 18.4 Å². The van der Waals surface area contributed by atoms with Crippen molar-refractivity contribution in [1.29, 1.82) is 0 Å². The summed E-state index contributed by atoms with van der Waals surface area (Å²) >= 11 is 1.18. The number of amides is 2. The smallest absolute Gasteiger partial charge is 0.272 e. The van der Waals surface area contributed by atoms with Gasteiger partial charge in [-0.15, -0.1) is 11.8 Å². The Labute approximate surface area is 180 Å². The van der Waals surface area contributed by atoms with Gasteiger partial charge in [0.15, 0.2) is 0 Å². The Balaban J connectivity index is 1.91. The zero-order chi connectivity index (χ0) is 21.7. The molecule has 0 radical (unpaired) electrons. The fourth-order valence-corrected chi connectivity index (χ4v) is 3.85. The number of carbonyl (C=O) groups excluding carboxylic acids is 2. The molecule has 1 heterocycles. The summed E-state index contributed by atoms with van der Waals surface area (Å²) in [6, 6.07) is 13.9. The zero-order valence-corrected chi connectivity index (χ0v) is 18.1. The Morgan fingerprint density at radius 1 is 0.967 bits per heavy atom. The van der Waals surface area contributed by atoms with Gasteiger partial charge in [0, 0.05) is 5.75 Å². The fraction of sp³-hybridized carbons (Fsp3) is 0.304. The van der Waals surface area contributed by atoms with Crippen molar-refractivity contribution in [3.63, 3.8) is 0 Å². The zero-order valence-electron chi connectivity index (χ0n) is 17.3. The first-order valence-electron chi connectivity index (χ1n) is 9.70. The predicted molar refractivity (Wildman–Crippen MR) is 119 cm³/mol. The molecular formula is C23H25NO5S. The Hall–Kier alpha value is -2.77. The molecule has 3 rings (SSSR count). The number of ether oxygens (including phenoxy) is 2. The minimum absolute atomic E-state index is 0.0899. The van der Waals surface area contributed by atoms with Crippen LogP contribution in [0.3, 0.4) is 0 Å². The summed E-state index contributed by atoms with van der Waals surface area (Å²) in [5.74, 6) is 1.29. The van der Waals surface area contributed by atoms with Crippen LogP contribution in [0.2, 0.25) is 0 Å². The molecule has 0 fully saturated rings. The van der Waals surface area contributed by atoms with Gasteiger partial charge in [-0.3, -0.25) is 9.59 Å². The van der Waals surface area contributed by atoms with E-state index in [1.807, 2.05) is 0 Å². The number of anilines is 1. The second-order valence-corrected chi connectivity index (χ2v) is 8.25. The molecule has 2 amide bonds. The molecule has 30 heavy (non-hydrogen) atoms. The highest BCUT2D eigenvalue weighted by Crippen LogP contribution is 2.39. The van der Waals surface area contributed by atoms with Crippen LogP contribution >= 0.6 is 11.8 Å². The minimum Gasteiger partial charge on any atom is -0.497 e. The van der Waals surface area contributed by atoms with Gasteiger partial charge in [-0.2, -0.15) is 0 Å². The van der Waals surface area contributed by atoms with Crippen LogP contribution in [0.15, 0.2) is 53.4 Å². The lowest BCUT2D eigenvalue weighted by molar-refractivity contribution is -0.119. The van der Waals surface area contributed by atoms with E-state index in [1.165, 1.54) is 16.7 Å². The summed E-state index contributed by atoms with van der Waals surface area (Å²) < 4.78 is 10.9. The second kappa shape index (κ2) is 9.82. The summed E-state index contributed by atoms with van der Waals surface area (Å²) in [5, 5.41) is 9.22. The van der Waals surface area contributed by atoms with Gasteiger partial charge in [-0.1, -0.05) is 26.0 Å². The summed E-state index contributed by atoms with van der Waals surface area (Å²) in [6.07, 6.45) is 0. The normalized spacial score (nSPS) is 14.1. The molecule has 0 aromatic heterocycles. The van der Waals surface area contributed by atoms with E-state index in [0.29, 0.717) is 51.5 Å². The van der Waals surface area contributed by atoms with Gasteiger partial charge in [0.25, 0.3) is 11.8 Å². The van der Waals surface area contributed by atoms with Gasteiger partial charge in [0.05, 0.1) is 36.5 Å². The largest absolute Gasteiger partial charge is 0.497 e. The van der Waals surface area contributed by atoms with Gasteiger partial charge in [0.1, 0.15) is 11.5 Å². The first-order valence-corrected chi connectivity index (χ1v) is 10.7. The minimum atomic E-state index is -0.389. The maximum absolute atomic E-state index is 13.3. The summed E-state index contributed by atoms with van der Waals surface area (Å²) in [6.45, 7) is 4.63. The third-order valence-electron chi connectivity index (χ3n) is 4.44. The first-order chi connectivity index (χ1) is 14.5. The van der Waals surface area contributed by atoms with Crippen molar-refractivity contribution < 1.29 is 24.2 Å². The molecule has 0 saturated carbocycles. The highest BCUT2D eigenvalue weighted by Gasteiger charge is 2.40. The van der Waals surface area contributed by atoms with Crippen LogP contribution in [0.25, 0.3) is 5.57 Å². The third kappa shape index (κ3) is 4.68. The van der Waals surface area contributed by atoms with Gasteiger partial charge < -0.3 is 14.6 Å². The maximum atomic E-state index is 13.3. The molecule has 2 aromatic carbocycles. The molecular weight excluding hydrogens is 402 g/mol. The van der Waals surface area contributed by atoms with Crippen molar-refractivity contribution >= 4 is 34.8 Å². The summed E-state index contributed by atoms with van der Waals surface area (Å²) in [7, 11) is 1.57. The lowest BCUT2D eigenvalue weighted by Gasteiger charge is -2.16. The van der Waals surface area contributed by atoms with Gasteiger partial charge >= 0.3 is 0 Å². The topological polar surface area (TPSA) is 76.1 Å². The van der Waals surface area contributed by atoms with Crippen LogP contribution in [0.1, 0.15) is 19.4 Å². The molecule has 7 heteroatoms. The molecule has 2 aromatic rings. The second-order valence-electron chi connectivity index (χ2n) is 7.15. The molecule has 6 nitrogen and oxygen atoms in total. The molecule has 158 valence electrons. The molecule has 1 aliphatic heterocycles. The van der Waals surface area contributed by atoms with Crippen molar-refractivity contribution in [2.75, 3.05) is 31.0 Å². The number of rotatable bonds is 9. The lowest BCUT2D eigenvalue weighted by atomic mass is 10.1. The molecule has 0 atom stereocenters. The Kier molecular flexibility index (Phi) is 7.18. The van der Waals surface area contributed by atoms with Crippen molar-refractivity contribution in [2.45, 2.75) is 13.8 Å². The number of thioether (sulfide) groups is 1. The number of nitrogens with zero attached hydrogens (tertiary/aromatic N) is 1. The van der Waals surface area contributed by atoms with Crippen molar-refractivity contribution in [3.8, 4) is 11.5 Å². The Morgan fingerprint density at radius 2 is 1.60 bits per heavy atom. The van der Waals surface area contributed by atoms with Crippen LogP contribution in [0.4, 0.5) is 5.69 Å². The molecule has 1 aliphatic rings. The summed E-state index contributed by atoms with van der Waals surface area (Å²) in [5.41, 5.74) is 1.45. The number of aliphatic hydroxyl groups is 1. The van der Waals surface area contributed by atoms with Gasteiger partial charge in [-0.25, -0.2) is 4.90 Å². The molecule has 0 spiro atoms.